The van der Waals surface area contributed by atoms with Crippen LogP contribution in [0.15, 0.2) is 24.8 Å². The minimum absolute atomic E-state index is 0. The Bertz CT molecular complexity index is 220. The van der Waals surface area contributed by atoms with Gasteiger partial charge in [-0.05, 0) is 0 Å². The molecule has 0 atom stereocenters. The van der Waals surface area contributed by atoms with Crippen molar-refractivity contribution in [3.63, 3.8) is 0 Å². The average Bonchev–Trinajstić information content (AvgIpc) is 2.62. The van der Waals surface area contributed by atoms with E-state index in [-0.39, 0.29) is 34.0 Å². The normalized spacial score (nSPS) is 18.3. The quantitative estimate of drug-likeness (QED) is 0.497. The first-order valence-electron chi connectivity index (χ1n) is 4.49. The number of rotatable bonds is 2. The van der Waals surface area contributed by atoms with Crippen molar-refractivity contribution in [3.05, 3.63) is 24.8 Å². The smallest absolute Gasteiger partial charge is 0.0927 e. The zero-order valence-corrected chi connectivity index (χ0v) is 12.1. The minimum Gasteiger partial charge on any atom is -1.00 e. The molecule has 2 aliphatic heterocycles. The molecule has 0 aromatic rings. The van der Waals surface area contributed by atoms with Gasteiger partial charge in [-0.1, -0.05) is 0 Å². The Labute approximate surface area is 112 Å². The Morgan fingerprint density at radius 1 is 0.800 bits per heavy atom. The molecule has 2 heterocycles. The van der Waals surface area contributed by atoms with Gasteiger partial charge in [-0.2, -0.15) is 0 Å². The highest BCUT2D eigenvalue weighted by molar-refractivity contribution is 4.93. The molecule has 6 heteroatoms. The molecule has 0 amide bonds. The van der Waals surface area contributed by atoms with Crippen molar-refractivity contribution in [1.29, 1.82) is 0 Å². The van der Waals surface area contributed by atoms with E-state index in [2.05, 4.69) is 58.5 Å². The Morgan fingerprint density at radius 2 is 1.20 bits per heavy atom. The summed E-state index contributed by atoms with van der Waals surface area (Å²) in [7, 11) is 4.17. The zero-order valence-electron chi connectivity index (χ0n) is 8.98. The maximum absolute atomic E-state index is 2.28. The third-order valence-corrected chi connectivity index (χ3v) is 2.24. The largest absolute Gasteiger partial charge is 1.00 e. The molecule has 0 bridgehead atoms. The van der Waals surface area contributed by atoms with Crippen LogP contribution in [0.4, 0.5) is 0 Å². The molecule has 0 saturated heterocycles. The summed E-state index contributed by atoms with van der Waals surface area (Å²) < 4.78 is 0. The van der Waals surface area contributed by atoms with E-state index in [4.69, 9.17) is 0 Å². The van der Waals surface area contributed by atoms with Crippen LogP contribution in [0.2, 0.25) is 0 Å². The molecule has 0 saturated carbocycles. The van der Waals surface area contributed by atoms with Gasteiger partial charge in [-0.15, -0.1) is 0 Å². The van der Waals surface area contributed by atoms with Crippen LogP contribution in [0, 0.1) is 0 Å². The second-order valence-corrected chi connectivity index (χ2v) is 3.71. The van der Waals surface area contributed by atoms with E-state index in [1.807, 2.05) is 0 Å². The molecule has 0 aliphatic carbocycles. The molecule has 0 fully saturated rings. The van der Waals surface area contributed by atoms with Crippen LogP contribution in [0.1, 0.15) is 0 Å². The molecule has 0 unspecified atom stereocenters. The van der Waals surface area contributed by atoms with Gasteiger partial charge in [-0.25, -0.2) is 0 Å². The monoisotopic (exact) mass is 338 g/mol. The third-order valence-electron chi connectivity index (χ3n) is 2.24. The van der Waals surface area contributed by atoms with Crippen molar-refractivity contribution in [2.75, 3.05) is 34.1 Å². The van der Waals surface area contributed by atoms with Gasteiger partial charge >= 0.3 is 0 Å². The summed E-state index contributed by atoms with van der Waals surface area (Å²) in [6.07, 6.45) is 8.46. The predicted molar refractivity (Wildman–Crippen MR) is 52.1 cm³/mol. The van der Waals surface area contributed by atoms with E-state index >= 15 is 0 Å². The molecule has 2 rings (SSSR count). The number of halogens is 2. The minimum atomic E-state index is 0. The molecule has 0 aromatic carbocycles. The first-order valence-corrected chi connectivity index (χ1v) is 4.49. The standard InChI is InChI=1S/C9H16N4.2BrH/c1-10-3-5-12(7-10)9-13-6-4-11(2)8-13;;/h3-6H,7-9H2,1-2H3;2*1H/p-2. The molecule has 0 aromatic heterocycles. The summed E-state index contributed by atoms with van der Waals surface area (Å²) in [5, 5.41) is 0. The van der Waals surface area contributed by atoms with E-state index < -0.39 is 0 Å². The van der Waals surface area contributed by atoms with Gasteiger partial charge in [0, 0.05) is 38.9 Å². The highest BCUT2D eigenvalue weighted by Crippen LogP contribution is 2.08. The molecule has 0 N–H and O–H groups in total. The first-order chi connectivity index (χ1) is 6.24. The number of hydrogen-bond acceptors (Lipinski definition) is 4. The van der Waals surface area contributed by atoms with Crippen LogP contribution in [0.3, 0.4) is 0 Å². The lowest BCUT2D eigenvalue weighted by Crippen LogP contribution is -3.00. The van der Waals surface area contributed by atoms with Crippen molar-refractivity contribution in [3.8, 4) is 0 Å². The molecule has 4 nitrogen and oxygen atoms in total. The van der Waals surface area contributed by atoms with Crippen LogP contribution in [-0.4, -0.2) is 53.7 Å². The maximum Gasteiger partial charge on any atom is 0.0927 e. The fraction of sp³-hybridized carbons (Fsp3) is 0.556. The van der Waals surface area contributed by atoms with E-state index in [0.717, 1.165) is 20.0 Å². The predicted octanol–water partition coefficient (Wildman–Crippen LogP) is -5.70. The van der Waals surface area contributed by atoms with Crippen LogP contribution in [0.25, 0.3) is 0 Å². The average molecular weight is 340 g/mol. The molecule has 88 valence electrons. The highest BCUT2D eigenvalue weighted by Gasteiger charge is 2.13. The van der Waals surface area contributed by atoms with Crippen molar-refractivity contribution in [1.82, 2.24) is 19.6 Å². The van der Waals surface area contributed by atoms with Crippen LogP contribution in [-0.2, 0) is 0 Å². The summed E-state index contributed by atoms with van der Waals surface area (Å²) in [6.45, 7) is 2.96. The van der Waals surface area contributed by atoms with Crippen LogP contribution in [0.5, 0.6) is 0 Å². The SMILES string of the molecule is CN1C=CN(CN2C=CN(C)C2)C1.[Br-].[Br-]. The Balaban J connectivity index is 0.000000980. The van der Waals surface area contributed by atoms with Gasteiger partial charge in [-0.3, -0.25) is 0 Å². The number of hydrogen-bond donors (Lipinski definition) is 0. The fourth-order valence-electron chi connectivity index (χ4n) is 1.59. The Morgan fingerprint density at radius 3 is 1.47 bits per heavy atom. The third kappa shape index (κ3) is 3.95. The molecular formula is C9H16Br2N4-2. The highest BCUT2D eigenvalue weighted by atomic mass is 79.9. The van der Waals surface area contributed by atoms with E-state index in [1.54, 1.807) is 0 Å². The summed E-state index contributed by atoms with van der Waals surface area (Å²) in [5.74, 6) is 0. The summed E-state index contributed by atoms with van der Waals surface area (Å²) in [5.41, 5.74) is 0. The van der Waals surface area contributed by atoms with Crippen LogP contribution < -0.4 is 34.0 Å². The van der Waals surface area contributed by atoms with Crippen molar-refractivity contribution < 1.29 is 34.0 Å². The van der Waals surface area contributed by atoms with Gasteiger partial charge in [0.1, 0.15) is 0 Å². The summed E-state index contributed by atoms with van der Waals surface area (Å²) in [6, 6.07) is 0. The zero-order chi connectivity index (χ0) is 9.26. The van der Waals surface area contributed by atoms with E-state index in [0.29, 0.717) is 0 Å². The first kappa shape index (κ1) is 14.6. The lowest BCUT2D eigenvalue weighted by molar-refractivity contribution is -0.00100. The summed E-state index contributed by atoms with van der Waals surface area (Å²) in [4.78, 5) is 8.90. The van der Waals surface area contributed by atoms with E-state index in [1.165, 1.54) is 0 Å². The second kappa shape index (κ2) is 6.27. The molecule has 2 aliphatic rings. The van der Waals surface area contributed by atoms with Crippen molar-refractivity contribution in [2.45, 2.75) is 0 Å². The lowest BCUT2D eigenvalue weighted by atomic mass is 10.7. The molecule has 15 heavy (non-hydrogen) atoms. The van der Waals surface area contributed by atoms with Gasteiger partial charge < -0.3 is 53.6 Å². The lowest BCUT2D eigenvalue weighted by Gasteiger charge is -2.25. The fourth-order valence-corrected chi connectivity index (χ4v) is 1.59. The van der Waals surface area contributed by atoms with Crippen molar-refractivity contribution >= 4 is 0 Å². The van der Waals surface area contributed by atoms with Gasteiger partial charge in [0.2, 0.25) is 0 Å². The molecule has 0 spiro atoms. The number of nitrogens with zero attached hydrogens (tertiary/aromatic N) is 4. The maximum atomic E-state index is 2.28. The van der Waals surface area contributed by atoms with Crippen molar-refractivity contribution in [2.24, 2.45) is 0 Å². The Kier molecular flexibility index (Phi) is 6.12. The van der Waals surface area contributed by atoms with E-state index in [9.17, 15) is 0 Å². The topological polar surface area (TPSA) is 13.0 Å². The molecular weight excluding hydrogens is 324 g/mol. The van der Waals surface area contributed by atoms with Gasteiger partial charge in [0.05, 0.1) is 20.0 Å². The van der Waals surface area contributed by atoms with Gasteiger partial charge in [0.15, 0.2) is 0 Å². The Hall–Kier alpha value is -0.360. The second-order valence-electron chi connectivity index (χ2n) is 3.71. The van der Waals surface area contributed by atoms with Gasteiger partial charge in [0.25, 0.3) is 0 Å². The summed E-state index contributed by atoms with van der Waals surface area (Å²) >= 11 is 0. The molecule has 0 radical (unpaired) electrons. The van der Waals surface area contributed by atoms with Crippen LogP contribution >= 0.6 is 0 Å².